The van der Waals surface area contributed by atoms with Crippen molar-refractivity contribution >= 4 is 21.6 Å². The second kappa shape index (κ2) is 2.50. The van der Waals surface area contributed by atoms with E-state index in [4.69, 9.17) is 0 Å². The molecule has 1 aliphatic rings. The summed E-state index contributed by atoms with van der Waals surface area (Å²) in [6.45, 7) is 1.90. The van der Waals surface area contributed by atoms with Crippen LogP contribution in [0.25, 0.3) is 0 Å². The van der Waals surface area contributed by atoms with Gasteiger partial charge in [0, 0.05) is 4.90 Å². The first kappa shape index (κ1) is 8.13. The summed E-state index contributed by atoms with van der Waals surface area (Å²) >= 11 is 1.40. The van der Waals surface area contributed by atoms with E-state index in [2.05, 4.69) is 0 Å². The highest BCUT2D eigenvalue weighted by atomic mass is 32.3. The molecule has 1 aliphatic heterocycles. The van der Waals surface area contributed by atoms with Gasteiger partial charge in [-0.05, 0) is 24.6 Å². The Bertz CT molecular complexity index is 421. The number of sulfone groups is 1. The molecule has 1 aromatic carbocycles. The van der Waals surface area contributed by atoms with Crippen LogP contribution in [0, 0.1) is 6.92 Å². The molecule has 64 valence electrons. The van der Waals surface area contributed by atoms with Crippen molar-refractivity contribution in [1.82, 2.24) is 0 Å². The molecule has 0 aromatic heterocycles. The molecular formula is C8H8O2S2. The smallest absolute Gasteiger partial charge is 0.189 e. The quantitative estimate of drug-likeness (QED) is 0.640. The largest absolute Gasteiger partial charge is 0.223 e. The van der Waals surface area contributed by atoms with Gasteiger partial charge < -0.3 is 0 Å². The highest BCUT2D eigenvalue weighted by Crippen LogP contribution is 2.37. The van der Waals surface area contributed by atoms with Crippen molar-refractivity contribution in [2.45, 2.75) is 16.7 Å². The van der Waals surface area contributed by atoms with E-state index in [0.717, 1.165) is 10.5 Å². The zero-order valence-corrected chi connectivity index (χ0v) is 8.21. The summed E-state index contributed by atoms with van der Waals surface area (Å²) in [5.74, 6) is 0. The Morgan fingerprint density at radius 1 is 1.42 bits per heavy atom. The molecule has 12 heavy (non-hydrogen) atoms. The SMILES string of the molecule is Cc1ccc2c(c1)S(=O)(=O)CS2. The van der Waals surface area contributed by atoms with Crippen LogP contribution in [0.4, 0.5) is 0 Å². The highest BCUT2D eigenvalue weighted by Gasteiger charge is 2.26. The van der Waals surface area contributed by atoms with Crippen LogP contribution in [-0.2, 0) is 9.84 Å². The minimum absolute atomic E-state index is 0.200. The molecule has 1 aromatic rings. The van der Waals surface area contributed by atoms with Crippen LogP contribution in [0.5, 0.6) is 0 Å². The van der Waals surface area contributed by atoms with E-state index in [1.807, 2.05) is 19.1 Å². The number of hydrogen-bond acceptors (Lipinski definition) is 3. The molecule has 0 radical (unpaired) electrons. The molecule has 0 N–H and O–H groups in total. The molecule has 2 rings (SSSR count). The lowest BCUT2D eigenvalue weighted by atomic mass is 10.2. The molecule has 0 fully saturated rings. The van der Waals surface area contributed by atoms with Crippen LogP contribution >= 0.6 is 11.8 Å². The van der Waals surface area contributed by atoms with Crippen LogP contribution < -0.4 is 0 Å². The zero-order valence-electron chi connectivity index (χ0n) is 6.57. The van der Waals surface area contributed by atoms with Crippen molar-refractivity contribution in [3.8, 4) is 0 Å². The number of fused-ring (bicyclic) bond motifs is 1. The van der Waals surface area contributed by atoms with Crippen LogP contribution in [-0.4, -0.2) is 13.5 Å². The van der Waals surface area contributed by atoms with E-state index < -0.39 is 9.84 Å². The van der Waals surface area contributed by atoms with Crippen LogP contribution in [0.1, 0.15) is 5.56 Å². The van der Waals surface area contributed by atoms with E-state index in [9.17, 15) is 8.42 Å². The summed E-state index contributed by atoms with van der Waals surface area (Å²) in [4.78, 5) is 1.40. The van der Waals surface area contributed by atoms with E-state index >= 15 is 0 Å². The van der Waals surface area contributed by atoms with Gasteiger partial charge in [0.1, 0.15) is 5.08 Å². The predicted octanol–water partition coefficient (Wildman–Crippen LogP) is 1.83. The molecule has 4 heteroatoms. The summed E-state index contributed by atoms with van der Waals surface area (Å²) in [7, 11) is -2.97. The molecule has 0 aliphatic carbocycles. The Kier molecular flexibility index (Phi) is 1.70. The first-order valence-corrected chi connectivity index (χ1v) is 6.19. The van der Waals surface area contributed by atoms with E-state index in [1.165, 1.54) is 11.8 Å². The zero-order chi connectivity index (χ0) is 8.77. The molecule has 0 amide bonds. The van der Waals surface area contributed by atoms with Crippen molar-refractivity contribution in [1.29, 1.82) is 0 Å². The fourth-order valence-corrected chi connectivity index (χ4v) is 4.48. The third-order valence-electron chi connectivity index (χ3n) is 1.80. The lowest BCUT2D eigenvalue weighted by Gasteiger charge is -1.97. The summed E-state index contributed by atoms with van der Waals surface area (Å²) in [6, 6.07) is 5.55. The van der Waals surface area contributed by atoms with Gasteiger partial charge in [0.25, 0.3) is 0 Å². The number of benzene rings is 1. The number of rotatable bonds is 0. The molecule has 0 atom stereocenters. The van der Waals surface area contributed by atoms with Crippen molar-refractivity contribution < 1.29 is 8.42 Å². The maximum absolute atomic E-state index is 11.4. The second-order valence-corrected chi connectivity index (χ2v) is 6.17. The summed E-state index contributed by atoms with van der Waals surface area (Å²) in [5.41, 5.74) is 1.000. The van der Waals surface area contributed by atoms with Gasteiger partial charge in [-0.2, -0.15) is 0 Å². The molecule has 2 nitrogen and oxygen atoms in total. The van der Waals surface area contributed by atoms with Crippen LogP contribution in [0.15, 0.2) is 28.0 Å². The summed E-state index contributed by atoms with van der Waals surface area (Å²) in [6.07, 6.45) is 0. The first-order chi connectivity index (χ1) is 5.59. The van der Waals surface area contributed by atoms with E-state index in [1.54, 1.807) is 6.07 Å². The molecule has 0 spiro atoms. The highest BCUT2D eigenvalue weighted by molar-refractivity contribution is 8.15. The molecule has 0 saturated carbocycles. The van der Waals surface area contributed by atoms with E-state index in [-0.39, 0.29) is 5.08 Å². The van der Waals surface area contributed by atoms with Crippen molar-refractivity contribution in [3.63, 3.8) is 0 Å². The lowest BCUT2D eigenvalue weighted by molar-refractivity contribution is 0.600. The Hall–Kier alpha value is -0.480. The average molecular weight is 200 g/mol. The topological polar surface area (TPSA) is 34.1 Å². The second-order valence-electron chi connectivity index (χ2n) is 2.83. The van der Waals surface area contributed by atoms with Gasteiger partial charge in [-0.25, -0.2) is 8.42 Å². The molecule has 0 bridgehead atoms. The summed E-state index contributed by atoms with van der Waals surface area (Å²) in [5, 5.41) is 0.200. The van der Waals surface area contributed by atoms with Gasteiger partial charge >= 0.3 is 0 Å². The first-order valence-electron chi connectivity index (χ1n) is 3.56. The maximum Gasteiger partial charge on any atom is 0.189 e. The Balaban J connectivity index is 2.73. The Morgan fingerprint density at radius 2 is 2.17 bits per heavy atom. The minimum atomic E-state index is -2.97. The van der Waals surface area contributed by atoms with Gasteiger partial charge in [-0.1, -0.05) is 6.07 Å². The van der Waals surface area contributed by atoms with Gasteiger partial charge in [-0.15, -0.1) is 11.8 Å². The summed E-state index contributed by atoms with van der Waals surface area (Å²) < 4.78 is 22.8. The van der Waals surface area contributed by atoms with Gasteiger partial charge in [0.2, 0.25) is 0 Å². The molecule has 0 saturated heterocycles. The maximum atomic E-state index is 11.4. The van der Waals surface area contributed by atoms with Crippen LogP contribution in [0.2, 0.25) is 0 Å². The van der Waals surface area contributed by atoms with Crippen LogP contribution in [0.3, 0.4) is 0 Å². The monoisotopic (exact) mass is 200 g/mol. The van der Waals surface area contributed by atoms with Gasteiger partial charge in [0.05, 0.1) is 4.90 Å². The van der Waals surface area contributed by atoms with Gasteiger partial charge in [-0.3, -0.25) is 0 Å². The lowest BCUT2D eigenvalue weighted by Crippen LogP contribution is -1.97. The third kappa shape index (κ3) is 1.15. The van der Waals surface area contributed by atoms with Crippen molar-refractivity contribution in [3.05, 3.63) is 23.8 Å². The number of thioether (sulfide) groups is 1. The van der Waals surface area contributed by atoms with Crippen molar-refractivity contribution in [2.75, 3.05) is 5.08 Å². The molecule has 0 unspecified atom stereocenters. The molecular weight excluding hydrogens is 192 g/mol. The average Bonchev–Trinajstić information content (AvgIpc) is 2.28. The minimum Gasteiger partial charge on any atom is -0.223 e. The normalized spacial score (nSPS) is 19.1. The fraction of sp³-hybridized carbons (Fsp3) is 0.250. The standard InChI is InChI=1S/C8H8O2S2/c1-6-2-3-7-8(4-6)12(9,10)5-11-7/h2-4H,5H2,1H3. The predicted molar refractivity (Wildman–Crippen MR) is 49.1 cm³/mol. The number of hydrogen-bond donors (Lipinski definition) is 0. The molecule has 1 heterocycles. The Labute approximate surface area is 75.9 Å². The fourth-order valence-electron chi connectivity index (χ4n) is 1.18. The van der Waals surface area contributed by atoms with Gasteiger partial charge in [0.15, 0.2) is 9.84 Å². The third-order valence-corrected chi connectivity index (χ3v) is 5.32. The van der Waals surface area contributed by atoms with E-state index in [0.29, 0.717) is 4.90 Å². The van der Waals surface area contributed by atoms with Crippen molar-refractivity contribution in [2.24, 2.45) is 0 Å². The number of aryl methyl sites for hydroxylation is 1. The Morgan fingerprint density at radius 3 is 2.92 bits per heavy atom.